The summed E-state index contributed by atoms with van der Waals surface area (Å²) in [5.74, 6) is 0.376. The summed E-state index contributed by atoms with van der Waals surface area (Å²) in [6, 6.07) is 14.3. The number of thioether (sulfide) groups is 1. The Bertz CT molecular complexity index is 868. The SMILES string of the molecule is CCc1cccc(CC)c1N(COC)C(=O)CSc1nc2ccccc2s1. The average Bonchev–Trinajstić information content (AvgIpc) is 3.12. The van der Waals surface area contributed by atoms with Crippen LogP contribution in [0.1, 0.15) is 25.0 Å². The fraction of sp³-hybridized carbons (Fsp3) is 0.333. The number of para-hydroxylation sites is 2. The molecule has 4 nitrogen and oxygen atoms in total. The van der Waals surface area contributed by atoms with Crippen molar-refractivity contribution in [2.75, 3.05) is 24.5 Å². The normalized spacial score (nSPS) is 11.1. The van der Waals surface area contributed by atoms with Crippen LogP contribution in [0.2, 0.25) is 0 Å². The van der Waals surface area contributed by atoms with Crippen LogP contribution in [0.5, 0.6) is 0 Å². The number of nitrogens with zero attached hydrogens (tertiary/aromatic N) is 2. The van der Waals surface area contributed by atoms with E-state index in [9.17, 15) is 4.79 Å². The minimum atomic E-state index is 0.0386. The van der Waals surface area contributed by atoms with Crippen molar-refractivity contribution < 1.29 is 9.53 Å². The zero-order valence-corrected chi connectivity index (χ0v) is 17.5. The van der Waals surface area contributed by atoms with Gasteiger partial charge in [-0.2, -0.15) is 0 Å². The van der Waals surface area contributed by atoms with E-state index < -0.39 is 0 Å². The van der Waals surface area contributed by atoms with E-state index in [0.717, 1.165) is 33.1 Å². The molecule has 0 atom stereocenters. The Morgan fingerprint density at radius 2 is 1.81 bits per heavy atom. The summed E-state index contributed by atoms with van der Waals surface area (Å²) in [7, 11) is 1.63. The summed E-state index contributed by atoms with van der Waals surface area (Å²) in [6.07, 6.45) is 1.75. The summed E-state index contributed by atoms with van der Waals surface area (Å²) in [6.45, 7) is 4.48. The highest BCUT2D eigenvalue weighted by Gasteiger charge is 2.21. The quantitative estimate of drug-likeness (QED) is 0.387. The number of amides is 1. The zero-order chi connectivity index (χ0) is 19.2. The topological polar surface area (TPSA) is 42.4 Å². The number of anilines is 1. The Hall–Kier alpha value is -1.89. The highest BCUT2D eigenvalue weighted by molar-refractivity contribution is 8.01. The van der Waals surface area contributed by atoms with Crippen LogP contribution in [0.4, 0.5) is 5.69 Å². The van der Waals surface area contributed by atoms with Gasteiger partial charge >= 0.3 is 0 Å². The van der Waals surface area contributed by atoms with Crippen molar-refractivity contribution in [3.63, 3.8) is 0 Å². The largest absolute Gasteiger partial charge is 0.364 e. The van der Waals surface area contributed by atoms with Gasteiger partial charge in [-0.3, -0.25) is 9.69 Å². The van der Waals surface area contributed by atoms with Crippen LogP contribution in [-0.2, 0) is 22.4 Å². The molecule has 2 aromatic carbocycles. The van der Waals surface area contributed by atoms with Gasteiger partial charge < -0.3 is 4.74 Å². The maximum absolute atomic E-state index is 13.1. The molecule has 0 aliphatic rings. The number of rotatable bonds is 8. The van der Waals surface area contributed by atoms with Crippen molar-refractivity contribution in [1.82, 2.24) is 4.98 Å². The lowest BCUT2D eigenvalue weighted by Gasteiger charge is -2.26. The maximum Gasteiger partial charge on any atom is 0.239 e. The highest BCUT2D eigenvalue weighted by Crippen LogP contribution is 2.31. The molecule has 3 aromatic rings. The van der Waals surface area contributed by atoms with Crippen molar-refractivity contribution in [3.05, 3.63) is 53.6 Å². The van der Waals surface area contributed by atoms with Crippen LogP contribution < -0.4 is 4.90 Å². The second-order valence-corrected chi connectivity index (χ2v) is 8.36. The molecule has 0 fully saturated rings. The molecule has 27 heavy (non-hydrogen) atoms. The van der Waals surface area contributed by atoms with Gasteiger partial charge in [0.05, 0.1) is 21.7 Å². The molecule has 0 aliphatic carbocycles. The number of hydrogen-bond donors (Lipinski definition) is 0. The molecule has 0 aliphatic heterocycles. The van der Waals surface area contributed by atoms with Crippen LogP contribution in [0.25, 0.3) is 10.2 Å². The second kappa shape index (κ2) is 9.35. The van der Waals surface area contributed by atoms with Crippen LogP contribution in [-0.4, -0.2) is 30.5 Å². The first-order chi connectivity index (χ1) is 13.2. The van der Waals surface area contributed by atoms with Crippen molar-refractivity contribution in [3.8, 4) is 0 Å². The van der Waals surface area contributed by atoms with Gasteiger partial charge in [-0.1, -0.05) is 55.9 Å². The molecule has 142 valence electrons. The first-order valence-electron chi connectivity index (χ1n) is 9.06. The van der Waals surface area contributed by atoms with Crippen molar-refractivity contribution in [2.24, 2.45) is 0 Å². The second-order valence-electron chi connectivity index (χ2n) is 6.11. The molecule has 0 N–H and O–H groups in total. The number of carbonyl (C=O) groups excluding carboxylic acids is 1. The molecule has 0 unspecified atom stereocenters. The molecule has 0 saturated carbocycles. The van der Waals surface area contributed by atoms with Gasteiger partial charge in [-0.25, -0.2) is 4.98 Å². The molecule has 3 rings (SSSR count). The summed E-state index contributed by atoms with van der Waals surface area (Å²) < 4.78 is 7.42. The molecule has 1 heterocycles. The van der Waals surface area contributed by atoms with Crippen molar-refractivity contribution >= 4 is 44.9 Å². The minimum Gasteiger partial charge on any atom is -0.364 e. The Morgan fingerprint density at radius 3 is 2.44 bits per heavy atom. The number of thiazole rings is 1. The smallest absolute Gasteiger partial charge is 0.239 e. The summed E-state index contributed by atoms with van der Waals surface area (Å²) >= 11 is 3.12. The third kappa shape index (κ3) is 4.51. The van der Waals surface area contributed by atoms with E-state index >= 15 is 0 Å². The molecular formula is C21H24N2O2S2. The number of hydrogen-bond acceptors (Lipinski definition) is 5. The Labute approximate surface area is 168 Å². The number of methoxy groups -OCH3 is 1. The van der Waals surface area contributed by atoms with E-state index in [2.05, 4.69) is 43.1 Å². The van der Waals surface area contributed by atoms with E-state index in [0.29, 0.717) is 5.75 Å². The van der Waals surface area contributed by atoms with Crippen LogP contribution >= 0.6 is 23.1 Å². The van der Waals surface area contributed by atoms with E-state index in [4.69, 9.17) is 4.74 Å². The van der Waals surface area contributed by atoms with Gasteiger partial charge in [0.1, 0.15) is 6.73 Å². The van der Waals surface area contributed by atoms with Gasteiger partial charge in [-0.05, 0) is 36.1 Å². The van der Waals surface area contributed by atoms with Gasteiger partial charge in [-0.15, -0.1) is 11.3 Å². The number of carbonyl (C=O) groups is 1. The third-order valence-corrected chi connectivity index (χ3v) is 6.55. The lowest BCUT2D eigenvalue weighted by Crippen LogP contribution is -2.35. The average molecular weight is 401 g/mol. The molecule has 0 spiro atoms. The monoisotopic (exact) mass is 400 g/mol. The number of ether oxygens (including phenoxy) is 1. The first-order valence-corrected chi connectivity index (χ1v) is 10.9. The van der Waals surface area contributed by atoms with Crippen LogP contribution in [0.3, 0.4) is 0 Å². The van der Waals surface area contributed by atoms with Gasteiger partial charge in [0, 0.05) is 7.11 Å². The molecule has 1 aromatic heterocycles. The Balaban J connectivity index is 1.81. The van der Waals surface area contributed by atoms with Crippen molar-refractivity contribution in [1.29, 1.82) is 0 Å². The lowest BCUT2D eigenvalue weighted by molar-refractivity contribution is -0.117. The highest BCUT2D eigenvalue weighted by atomic mass is 32.2. The lowest BCUT2D eigenvalue weighted by atomic mass is 10.0. The number of fused-ring (bicyclic) bond motifs is 1. The maximum atomic E-state index is 13.1. The van der Waals surface area contributed by atoms with Gasteiger partial charge in [0.2, 0.25) is 5.91 Å². The van der Waals surface area contributed by atoms with E-state index in [1.165, 1.54) is 22.9 Å². The summed E-state index contributed by atoms with van der Waals surface area (Å²) in [5.41, 5.74) is 4.32. The Morgan fingerprint density at radius 1 is 1.11 bits per heavy atom. The third-order valence-electron chi connectivity index (χ3n) is 4.39. The zero-order valence-electron chi connectivity index (χ0n) is 15.9. The van der Waals surface area contributed by atoms with E-state index in [-0.39, 0.29) is 12.6 Å². The Kier molecular flexibility index (Phi) is 6.88. The van der Waals surface area contributed by atoms with E-state index in [1.54, 1.807) is 23.3 Å². The fourth-order valence-electron chi connectivity index (χ4n) is 3.07. The first kappa shape index (κ1) is 19.9. The molecular weight excluding hydrogens is 376 g/mol. The van der Waals surface area contributed by atoms with Gasteiger partial charge in [0.15, 0.2) is 4.34 Å². The number of benzene rings is 2. The van der Waals surface area contributed by atoms with Crippen LogP contribution in [0.15, 0.2) is 46.8 Å². The number of aryl methyl sites for hydroxylation is 2. The van der Waals surface area contributed by atoms with E-state index in [1.807, 2.05) is 18.2 Å². The minimum absolute atomic E-state index is 0.0386. The summed E-state index contributed by atoms with van der Waals surface area (Å²) in [5, 5.41) is 0. The molecule has 6 heteroatoms. The summed E-state index contributed by atoms with van der Waals surface area (Å²) in [4.78, 5) is 19.4. The predicted molar refractivity (Wildman–Crippen MR) is 115 cm³/mol. The molecule has 0 bridgehead atoms. The fourth-order valence-corrected chi connectivity index (χ4v) is 5.01. The van der Waals surface area contributed by atoms with Crippen LogP contribution in [0, 0.1) is 0 Å². The van der Waals surface area contributed by atoms with Gasteiger partial charge in [0.25, 0.3) is 0 Å². The number of aromatic nitrogens is 1. The van der Waals surface area contributed by atoms with Crippen molar-refractivity contribution in [2.45, 2.75) is 31.0 Å². The molecule has 0 radical (unpaired) electrons. The standard InChI is InChI=1S/C21H24N2O2S2/c1-4-15-9-8-10-16(5-2)20(15)23(14-25-3)19(24)13-26-21-22-17-11-6-7-12-18(17)27-21/h6-12H,4-5,13-14H2,1-3H3. The predicted octanol–water partition coefficient (Wildman–Crippen LogP) is 5.15. The molecule has 1 amide bonds. The molecule has 0 saturated heterocycles.